The van der Waals surface area contributed by atoms with Gasteiger partial charge in [-0.15, -0.1) is 0 Å². The normalized spacial score (nSPS) is 10.2. The number of benzene rings is 2. The zero-order valence-electron chi connectivity index (χ0n) is 10.6. The van der Waals surface area contributed by atoms with Crippen molar-refractivity contribution in [3.05, 3.63) is 57.8 Å². The van der Waals surface area contributed by atoms with Crippen molar-refractivity contribution in [3.63, 3.8) is 0 Å². The molecule has 21 heavy (non-hydrogen) atoms. The quantitative estimate of drug-likeness (QED) is 0.740. The topological polar surface area (TPSA) is 92.4 Å². The number of amides is 1. The fraction of sp³-hybridized carbons (Fsp3) is 0. The number of hydrogen-bond acceptors (Lipinski definition) is 3. The summed E-state index contributed by atoms with van der Waals surface area (Å²) in [5.74, 6) is -2.49. The molecular weight excluding hydrogens is 343 g/mol. The minimum atomic E-state index is -1.13. The van der Waals surface area contributed by atoms with Gasteiger partial charge < -0.3 is 16.2 Å². The average Bonchev–Trinajstić information content (AvgIpc) is 2.40. The first-order valence-corrected chi connectivity index (χ1v) is 6.57. The van der Waals surface area contributed by atoms with E-state index in [0.29, 0.717) is 4.47 Å². The van der Waals surface area contributed by atoms with Crippen LogP contribution in [0.25, 0.3) is 0 Å². The van der Waals surface area contributed by atoms with E-state index in [2.05, 4.69) is 21.2 Å². The van der Waals surface area contributed by atoms with Crippen molar-refractivity contribution >= 4 is 39.2 Å². The number of nitrogen functional groups attached to an aromatic ring is 1. The Kier molecular flexibility index (Phi) is 4.23. The molecule has 4 N–H and O–H groups in total. The van der Waals surface area contributed by atoms with Gasteiger partial charge >= 0.3 is 5.97 Å². The van der Waals surface area contributed by atoms with Crippen molar-refractivity contribution in [1.82, 2.24) is 0 Å². The SMILES string of the molecule is Nc1cc(C(=O)O)ccc1NC(=O)c1c(F)cccc1Br. The van der Waals surface area contributed by atoms with Gasteiger partial charge in [0.25, 0.3) is 5.91 Å². The van der Waals surface area contributed by atoms with Gasteiger partial charge in [0.05, 0.1) is 22.5 Å². The molecule has 0 heterocycles. The first-order chi connectivity index (χ1) is 9.90. The fourth-order valence-electron chi connectivity index (χ4n) is 1.71. The third kappa shape index (κ3) is 3.19. The zero-order chi connectivity index (χ0) is 15.6. The van der Waals surface area contributed by atoms with E-state index in [0.717, 1.165) is 6.07 Å². The van der Waals surface area contributed by atoms with Crippen molar-refractivity contribution in [2.45, 2.75) is 0 Å². The van der Waals surface area contributed by atoms with E-state index in [9.17, 15) is 14.0 Å². The molecule has 0 unspecified atom stereocenters. The highest BCUT2D eigenvalue weighted by Gasteiger charge is 2.17. The van der Waals surface area contributed by atoms with Crippen molar-refractivity contribution in [2.24, 2.45) is 0 Å². The molecule has 1 amide bonds. The molecule has 0 radical (unpaired) electrons. The largest absolute Gasteiger partial charge is 0.478 e. The lowest BCUT2D eigenvalue weighted by Crippen LogP contribution is -2.16. The Morgan fingerprint density at radius 2 is 1.95 bits per heavy atom. The lowest BCUT2D eigenvalue weighted by molar-refractivity contribution is 0.0696. The molecule has 2 aromatic carbocycles. The van der Waals surface area contributed by atoms with Crippen LogP contribution in [-0.4, -0.2) is 17.0 Å². The molecule has 7 heteroatoms. The summed E-state index contributed by atoms with van der Waals surface area (Å²) in [6.45, 7) is 0. The van der Waals surface area contributed by atoms with Crippen LogP contribution >= 0.6 is 15.9 Å². The van der Waals surface area contributed by atoms with Crippen LogP contribution in [0, 0.1) is 5.82 Å². The molecule has 2 aromatic rings. The van der Waals surface area contributed by atoms with Gasteiger partial charge in [0, 0.05) is 4.47 Å². The van der Waals surface area contributed by atoms with Gasteiger partial charge in [-0.05, 0) is 46.3 Å². The van der Waals surface area contributed by atoms with Crippen LogP contribution < -0.4 is 11.1 Å². The summed E-state index contributed by atoms with van der Waals surface area (Å²) in [5.41, 5.74) is 5.81. The number of carboxylic acids is 1. The molecule has 108 valence electrons. The van der Waals surface area contributed by atoms with Crippen LogP contribution in [0.1, 0.15) is 20.7 Å². The highest BCUT2D eigenvalue weighted by Crippen LogP contribution is 2.24. The Balaban J connectivity index is 2.30. The van der Waals surface area contributed by atoms with E-state index >= 15 is 0 Å². The zero-order valence-corrected chi connectivity index (χ0v) is 12.1. The number of anilines is 2. The van der Waals surface area contributed by atoms with E-state index in [1.807, 2.05) is 0 Å². The first-order valence-electron chi connectivity index (χ1n) is 5.78. The number of carbonyl (C=O) groups excluding carboxylic acids is 1. The first kappa shape index (κ1) is 15.0. The predicted molar refractivity (Wildman–Crippen MR) is 79.9 cm³/mol. The number of hydrogen-bond donors (Lipinski definition) is 3. The van der Waals surface area contributed by atoms with Crippen LogP contribution in [-0.2, 0) is 0 Å². The van der Waals surface area contributed by atoms with E-state index in [4.69, 9.17) is 10.8 Å². The molecule has 0 spiro atoms. The van der Waals surface area contributed by atoms with Gasteiger partial charge in [-0.2, -0.15) is 0 Å². The number of carbonyl (C=O) groups is 2. The summed E-state index contributed by atoms with van der Waals surface area (Å²) < 4.78 is 14.0. The summed E-state index contributed by atoms with van der Waals surface area (Å²) in [5, 5.41) is 11.3. The van der Waals surface area contributed by atoms with Gasteiger partial charge in [-0.3, -0.25) is 4.79 Å². The van der Waals surface area contributed by atoms with Crippen LogP contribution in [0.15, 0.2) is 40.9 Å². The molecule has 0 fully saturated rings. The Bertz CT molecular complexity index is 714. The molecule has 0 saturated carbocycles. The van der Waals surface area contributed by atoms with Crippen LogP contribution in [0.4, 0.5) is 15.8 Å². The number of nitrogens with two attached hydrogens (primary N) is 1. The van der Waals surface area contributed by atoms with Crippen molar-refractivity contribution in [3.8, 4) is 0 Å². The van der Waals surface area contributed by atoms with Gasteiger partial charge in [0.15, 0.2) is 0 Å². The Morgan fingerprint density at radius 3 is 2.52 bits per heavy atom. The van der Waals surface area contributed by atoms with Gasteiger partial charge in [0.2, 0.25) is 0 Å². The third-order valence-corrected chi connectivity index (χ3v) is 3.40. The third-order valence-electron chi connectivity index (χ3n) is 2.74. The molecule has 5 nitrogen and oxygen atoms in total. The minimum Gasteiger partial charge on any atom is -0.478 e. The number of rotatable bonds is 3. The molecule has 0 aliphatic heterocycles. The van der Waals surface area contributed by atoms with E-state index in [1.165, 1.54) is 30.3 Å². The Hall–Kier alpha value is -2.41. The molecule has 0 aromatic heterocycles. The van der Waals surface area contributed by atoms with E-state index in [-0.39, 0.29) is 22.5 Å². The predicted octanol–water partition coefficient (Wildman–Crippen LogP) is 3.12. The summed E-state index contributed by atoms with van der Waals surface area (Å²) in [6, 6.07) is 8.03. The maximum Gasteiger partial charge on any atom is 0.335 e. The van der Waals surface area contributed by atoms with Crippen molar-refractivity contribution in [1.29, 1.82) is 0 Å². The smallest absolute Gasteiger partial charge is 0.335 e. The lowest BCUT2D eigenvalue weighted by Gasteiger charge is -2.10. The van der Waals surface area contributed by atoms with Crippen molar-refractivity contribution < 1.29 is 19.1 Å². The number of carboxylic acid groups (broad SMARTS) is 1. The monoisotopic (exact) mass is 352 g/mol. The highest BCUT2D eigenvalue weighted by molar-refractivity contribution is 9.10. The molecule has 0 saturated heterocycles. The second-order valence-corrected chi connectivity index (χ2v) is 5.01. The maximum absolute atomic E-state index is 13.7. The lowest BCUT2D eigenvalue weighted by atomic mass is 10.1. The van der Waals surface area contributed by atoms with Gasteiger partial charge in [-0.25, -0.2) is 9.18 Å². The number of nitrogens with one attached hydrogen (secondary N) is 1. The van der Waals surface area contributed by atoms with Gasteiger partial charge in [-0.1, -0.05) is 6.07 Å². The second kappa shape index (κ2) is 5.92. The average molecular weight is 353 g/mol. The van der Waals surface area contributed by atoms with Crippen LogP contribution in [0.3, 0.4) is 0 Å². The molecule has 0 aliphatic carbocycles. The standard InChI is InChI=1S/C14H10BrFN2O3/c15-8-2-1-3-9(16)12(8)13(19)18-11-5-4-7(14(20)21)6-10(11)17/h1-6H,17H2,(H,18,19)(H,20,21). The Morgan fingerprint density at radius 1 is 1.24 bits per heavy atom. The highest BCUT2D eigenvalue weighted by atomic mass is 79.9. The molecule has 0 atom stereocenters. The summed E-state index contributed by atoms with van der Waals surface area (Å²) in [4.78, 5) is 22.9. The fourth-order valence-corrected chi connectivity index (χ4v) is 2.23. The molecule has 0 bridgehead atoms. The van der Waals surface area contributed by atoms with Crippen LogP contribution in [0.2, 0.25) is 0 Å². The van der Waals surface area contributed by atoms with E-state index in [1.54, 1.807) is 0 Å². The summed E-state index contributed by atoms with van der Waals surface area (Å²) in [7, 11) is 0. The van der Waals surface area contributed by atoms with Crippen molar-refractivity contribution in [2.75, 3.05) is 11.1 Å². The van der Waals surface area contributed by atoms with Crippen LogP contribution in [0.5, 0.6) is 0 Å². The molecule has 0 aliphatic rings. The minimum absolute atomic E-state index is 0.00225. The second-order valence-electron chi connectivity index (χ2n) is 4.16. The number of aromatic carboxylic acids is 1. The molecular formula is C14H10BrFN2O3. The number of halogens is 2. The summed E-state index contributed by atoms with van der Waals surface area (Å²) >= 11 is 3.10. The molecule has 2 rings (SSSR count). The Labute approximate surface area is 127 Å². The summed E-state index contributed by atoms with van der Waals surface area (Å²) in [6.07, 6.45) is 0. The maximum atomic E-state index is 13.7. The van der Waals surface area contributed by atoms with Gasteiger partial charge in [0.1, 0.15) is 5.82 Å². The van der Waals surface area contributed by atoms with E-state index < -0.39 is 17.7 Å².